The van der Waals surface area contributed by atoms with E-state index in [1.54, 1.807) is 6.07 Å². The first kappa shape index (κ1) is 21.0. The van der Waals surface area contributed by atoms with Gasteiger partial charge in [-0.05, 0) is 42.3 Å². The van der Waals surface area contributed by atoms with Crippen molar-refractivity contribution in [1.82, 2.24) is 14.5 Å². The molecule has 4 aromatic rings. The number of imidazole rings is 1. The molecule has 2 unspecified atom stereocenters. The maximum atomic E-state index is 13.0. The molecule has 3 aromatic carbocycles. The number of amides is 1. The Bertz CT molecular complexity index is 1280. The second-order valence-electron chi connectivity index (χ2n) is 8.31. The Morgan fingerprint density at radius 3 is 2.56 bits per heavy atom. The van der Waals surface area contributed by atoms with E-state index >= 15 is 0 Å². The van der Waals surface area contributed by atoms with Crippen molar-refractivity contribution in [3.8, 4) is 0 Å². The fraction of sp³-hybridized carbons (Fsp3) is 0.231. The van der Waals surface area contributed by atoms with E-state index in [9.17, 15) is 4.79 Å². The normalized spacial score (nSPS) is 17.3. The first-order valence-corrected chi connectivity index (χ1v) is 11.5. The average Bonchev–Trinajstić information content (AvgIpc) is 3.36. The van der Waals surface area contributed by atoms with Crippen LogP contribution in [0.3, 0.4) is 0 Å². The Morgan fingerprint density at radius 2 is 1.78 bits per heavy atom. The van der Waals surface area contributed by atoms with Gasteiger partial charge in [0.2, 0.25) is 5.91 Å². The Kier molecular flexibility index (Phi) is 5.66. The van der Waals surface area contributed by atoms with Gasteiger partial charge in [0, 0.05) is 28.9 Å². The zero-order chi connectivity index (χ0) is 22.2. The van der Waals surface area contributed by atoms with Crippen molar-refractivity contribution in [2.75, 3.05) is 6.54 Å². The van der Waals surface area contributed by atoms with Gasteiger partial charge in [0.15, 0.2) is 0 Å². The summed E-state index contributed by atoms with van der Waals surface area (Å²) in [5.41, 5.74) is 4.08. The molecule has 32 heavy (non-hydrogen) atoms. The van der Waals surface area contributed by atoms with Crippen LogP contribution in [0.1, 0.15) is 42.3 Å². The first-order chi connectivity index (χ1) is 15.5. The molecule has 1 fully saturated rings. The second-order valence-corrected chi connectivity index (χ2v) is 9.16. The van der Waals surface area contributed by atoms with Crippen LogP contribution in [0.15, 0.2) is 72.8 Å². The smallest absolute Gasteiger partial charge is 0.223 e. The van der Waals surface area contributed by atoms with Gasteiger partial charge < -0.3 is 9.47 Å². The number of rotatable bonds is 5. The summed E-state index contributed by atoms with van der Waals surface area (Å²) >= 11 is 12.6. The van der Waals surface area contributed by atoms with Crippen molar-refractivity contribution < 1.29 is 4.79 Å². The van der Waals surface area contributed by atoms with Crippen LogP contribution < -0.4 is 0 Å². The van der Waals surface area contributed by atoms with Crippen LogP contribution in [0, 0.1) is 0 Å². The number of hydrogen-bond donors (Lipinski definition) is 0. The molecule has 2 heterocycles. The van der Waals surface area contributed by atoms with E-state index in [1.807, 2.05) is 53.4 Å². The largest absolute Gasteiger partial charge is 0.335 e. The van der Waals surface area contributed by atoms with E-state index in [0.717, 1.165) is 28.0 Å². The minimum Gasteiger partial charge on any atom is -0.335 e. The summed E-state index contributed by atoms with van der Waals surface area (Å²) in [7, 11) is 0. The lowest BCUT2D eigenvalue weighted by Gasteiger charge is -2.25. The highest BCUT2D eigenvalue weighted by molar-refractivity contribution is 6.35. The van der Waals surface area contributed by atoms with Crippen LogP contribution in [0.2, 0.25) is 10.0 Å². The van der Waals surface area contributed by atoms with Crippen LogP contribution >= 0.6 is 23.2 Å². The number of aromatic nitrogens is 2. The molecule has 0 radical (unpaired) electrons. The molecule has 0 bridgehead atoms. The summed E-state index contributed by atoms with van der Waals surface area (Å²) in [6, 6.07) is 23.8. The highest BCUT2D eigenvalue weighted by Crippen LogP contribution is 2.35. The van der Waals surface area contributed by atoms with Crippen molar-refractivity contribution in [2.45, 2.75) is 31.8 Å². The maximum absolute atomic E-state index is 13.0. The molecular weight excluding hydrogens is 441 g/mol. The molecule has 162 valence electrons. The molecule has 0 N–H and O–H groups in total. The van der Waals surface area contributed by atoms with Gasteiger partial charge in [-0.25, -0.2) is 4.98 Å². The van der Waals surface area contributed by atoms with Crippen molar-refractivity contribution in [3.63, 3.8) is 0 Å². The van der Waals surface area contributed by atoms with Gasteiger partial charge in [0.05, 0.1) is 23.6 Å². The molecular formula is C26H23Cl2N3O. The van der Waals surface area contributed by atoms with Gasteiger partial charge in [0.1, 0.15) is 5.82 Å². The number of nitrogens with zero attached hydrogens (tertiary/aromatic N) is 3. The lowest BCUT2D eigenvalue weighted by atomic mass is 10.1. The number of fused-ring (bicyclic) bond motifs is 1. The van der Waals surface area contributed by atoms with Crippen LogP contribution in [0.5, 0.6) is 0 Å². The van der Waals surface area contributed by atoms with Crippen LogP contribution in [-0.2, 0) is 11.3 Å². The topological polar surface area (TPSA) is 38.1 Å². The lowest BCUT2D eigenvalue weighted by molar-refractivity contribution is -0.129. The van der Waals surface area contributed by atoms with E-state index in [1.165, 1.54) is 0 Å². The van der Waals surface area contributed by atoms with Crippen molar-refractivity contribution in [3.05, 3.63) is 99.8 Å². The molecule has 1 amide bonds. The monoisotopic (exact) mass is 463 g/mol. The number of halogens is 2. The molecule has 2 atom stereocenters. The van der Waals surface area contributed by atoms with Gasteiger partial charge in [0.25, 0.3) is 0 Å². The average molecular weight is 464 g/mol. The number of carbonyl (C=O) groups is 1. The van der Waals surface area contributed by atoms with Gasteiger partial charge in [-0.3, -0.25) is 4.79 Å². The third kappa shape index (κ3) is 3.89. The first-order valence-electron chi connectivity index (χ1n) is 10.7. The van der Waals surface area contributed by atoms with Gasteiger partial charge in [-0.2, -0.15) is 0 Å². The molecule has 1 aromatic heterocycles. The SMILES string of the molecule is CC(c1ccccc1)N1CC(c2nc3ccccc3n2Cc2ccc(Cl)cc2Cl)CC1=O. The third-order valence-electron chi connectivity index (χ3n) is 6.30. The van der Waals surface area contributed by atoms with Gasteiger partial charge in [-0.1, -0.05) is 71.7 Å². The van der Waals surface area contributed by atoms with Gasteiger partial charge >= 0.3 is 0 Å². The maximum Gasteiger partial charge on any atom is 0.223 e. The van der Waals surface area contributed by atoms with E-state index in [4.69, 9.17) is 28.2 Å². The van der Waals surface area contributed by atoms with E-state index < -0.39 is 0 Å². The second kappa shape index (κ2) is 8.61. The fourth-order valence-corrected chi connectivity index (χ4v) is 5.05. The Balaban J connectivity index is 1.50. The molecule has 0 spiro atoms. The van der Waals surface area contributed by atoms with Gasteiger partial charge in [-0.15, -0.1) is 0 Å². The highest BCUT2D eigenvalue weighted by atomic mass is 35.5. The van der Waals surface area contributed by atoms with Crippen molar-refractivity contribution >= 4 is 40.1 Å². The Hall–Kier alpha value is -2.82. The number of benzene rings is 3. The Labute approximate surface area is 197 Å². The van der Waals surface area contributed by atoms with Crippen molar-refractivity contribution in [2.24, 2.45) is 0 Å². The van der Waals surface area contributed by atoms with Crippen LogP contribution in [0.25, 0.3) is 11.0 Å². The standard InChI is InChI=1S/C26H23Cl2N3O/c1-17(18-7-3-2-4-8-18)30-16-20(13-25(30)32)26-29-23-9-5-6-10-24(23)31(26)15-19-11-12-21(27)14-22(19)28/h2-12,14,17,20H,13,15-16H2,1H3. The lowest BCUT2D eigenvalue weighted by Crippen LogP contribution is -2.28. The minimum atomic E-state index is 0.0205. The Morgan fingerprint density at radius 1 is 1.03 bits per heavy atom. The minimum absolute atomic E-state index is 0.0205. The zero-order valence-electron chi connectivity index (χ0n) is 17.7. The van der Waals surface area contributed by atoms with Crippen LogP contribution in [0.4, 0.5) is 0 Å². The molecule has 0 aliphatic carbocycles. The number of carbonyl (C=O) groups excluding carboxylic acids is 1. The molecule has 6 heteroatoms. The number of para-hydroxylation sites is 2. The summed E-state index contributed by atoms with van der Waals surface area (Å²) in [5.74, 6) is 1.11. The molecule has 1 aliphatic heterocycles. The highest BCUT2D eigenvalue weighted by Gasteiger charge is 2.36. The van der Waals surface area contributed by atoms with Crippen LogP contribution in [-0.4, -0.2) is 26.9 Å². The quantitative estimate of drug-likeness (QED) is 0.340. The number of hydrogen-bond acceptors (Lipinski definition) is 2. The fourth-order valence-electron chi connectivity index (χ4n) is 4.58. The predicted molar refractivity (Wildman–Crippen MR) is 129 cm³/mol. The molecule has 1 saturated heterocycles. The molecule has 4 nitrogen and oxygen atoms in total. The number of likely N-dealkylation sites (tertiary alicyclic amines) is 1. The summed E-state index contributed by atoms with van der Waals surface area (Å²) in [4.78, 5) is 19.9. The summed E-state index contributed by atoms with van der Waals surface area (Å²) in [5, 5.41) is 1.24. The third-order valence-corrected chi connectivity index (χ3v) is 6.89. The summed E-state index contributed by atoms with van der Waals surface area (Å²) < 4.78 is 2.19. The molecule has 1 aliphatic rings. The summed E-state index contributed by atoms with van der Waals surface area (Å²) in [6.45, 7) is 3.31. The molecule has 0 saturated carbocycles. The van der Waals surface area contributed by atoms with E-state index in [-0.39, 0.29) is 17.9 Å². The summed E-state index contributed by atoms with van der Waals surface area (Å²) in [6.07, 6.45) is 0.453. The zero-order valence-corrected chi connectivity index (χ0v) is 19.2. The molecule has 5 rings (SSSR count). The van der Waals surface area contributed by atoms with Crippen molar-refractivity contribution in [1.29, 1.82) is 0 Å². The van der Waals surface area contributed by atoms with E-state index in [2.05, 4.69) is 29.7 Å². The predicted octanol–water partition coefficient (Wildman–Crippen LogP) is 6.47. The van der Waals surface area contributed by atoms with E-state index in [0.29, 0.717) is 29.6 Å².